The highest BCUT2D eigenvalue weighted by atomic mass is 16.4. The SMILES string of the molecule is CC(C)Cn1cc(C(=O)O)c(=O)c2ccc(N(C)Cc3ccccc3)cc21. The third-order valence-corrected chi connectivity index (χ3v) is 4.56. The molecule has 3 rings (SSSR count). The monoisotopic (exact) mass is 364 g/mol. The molecule has 0 aliphatic rings. The first-order chi connectivity index (χ1) is 12.9. The van der Waals surface area contributed by atoms with Crippen LogP contribution >= 0.6 is 0 Å². The van der Waals surface area contributed by atoms with Crippen molar-refractivity contribution in [3.63, 3.8) is 0 Å². The second-order valence-electron chi connectivity index (χ2n) is 7.27. The molecule has 3 aromatic rings. The number of carboxylic acids is 1. The molecule has 2 aromatic carbocycles. The van der Waals surface area contributed by atoms with Crippen LogP contribution in [0.5, 0.6) is 0 Å². The van der Waals surface area contributed by atoms with E-state index < -0.39 is 11.4 Å². The Hall–Kier alpha value is -3.08. The summed E-state index contributed by atoms with van der Waals surface area (Å²) in [5.74, 6) is -0.868. The zero-order valence-electron chi connectivity index (χ0n) is 15.8. The van der Waals surface area contributed by atoms with Crippen LogP contribution in [0, 0.1) is 5.92 Å². The van der Waals surface area contributed by atoms with Gasteiger partial charge in [0.2, 0.25) is 5.43 Å². The van der Waals surface area contributed by atoms with Gasteiger partial charge in [-0.1, -0.05) is 44.2 Å². The minimum atomic E-state index is -1.19. The second-order valence-corrected chi connectivity index (χ2v) is 7.27. The lowest BCUT2D eigenvalue weighted by atomic mass is 10.1. The predicted molar refractivity (Wildman–Crippen MR) is 109 cm³/mol. The van der Waals surface area contributed by atoms with Crippen LogP contribution in [-0.4, -0.2) is 22.7 Å². The number of pyridine rings is 1. The van der Waals surface area contributed by atoms with Gasteiger partial charge in [-0.05, 0) is 29.7 Å². The summed E-state index contributed by atoms with van der Waals surface area (Å²) in [4.78, 5) is 26.1. The van der Waals surface area contributed by atoms with E-state index >= 15 is 0 Å². The Morgan fingerprint density at radius 3 is 2.48 bits per heavy atom. The van der Waals surface area contributed by atoms with Crippen molar-refractivity contribution in [1.82, 2.24) is 4.57 Å². The van der Waals surface area contributed by atoms with E-state index in [4.69, 9.17) is 0 Å². The Balaban J connectivity index is 2.08. The topological polar surface area (TPSA) is 62.5 Å². The van der Waals surface area contributed by atoms with Crippen LogP contribution < -0.4 is 10.3 Å². The molecule has 0 fully saturated rings. The first-order valence-corrected chi connectivity index (χ1v) is 9.02. The number of aromatic carboxylic acids is 1. The molecule has 5 heteroatoms. The van der Waals surface area contributed by atoms with Crippen molar-refractivity contribution in [2.75, 3.05) is 11.9 Å². The van der Waals surface area contributed by atoms with Crippen molar-refractivity contribution in [1.29, 1.82) is 0 Å². The highest BCUT2D eigenvalue weighted by Crippen LogP contribution is 2.22. The summed E-state index contributed by atoms with van der Waals surface area (Å²) < 4.78 is 1.88. The fraction of sp³-hybridized carbons (Fsp3) is 0.273. The molecule has 0 atom stereocenters. The Morgan fingerprint density at radius 2 is 1.85 bits per heavy atom. The van der Waals surface area contributed by atoms with Crippen molar-refractivity contribution < 1.29 is 9.90 Å². The zero-order chi connectivity index (χ0) is 19.6. The lowest BCUT2D eigenvalue weighted by molar-refractivity contribution is 0.0694. The van der Waals surface area contributed by atoms with Crippen LogP contribution in [0.15, 0.2) is 59.5 Å². The van der Waals surface area contributed by atoms with Gasteiger partial charge < -0.3 is 14.6 Å². The van der Waals surface area contributed by atoms with Crippen molar-refractivity contribution >= 4 is 22.6 Å². The Kier molecular flexibility index (Phi) is 5.31. The van der Waals surface area contributed by atoms with E-state index in [2.05, 4.69) is 30.9 Å². The third-order valence-electron chi connectivity index (χ3n) is 4.56. The van der Waals surface area contributed by atoms with Gasteiger partial charge in [0.1, 0.15) is 5.56 Å². The lowest BCUT2D eigenvalue weighted by Crippen LogP contribution is -2.21. The van der Waals surface area contributed by atoms with E-state index in [0.29, 0.717) is 17.8 Å². The average molecular weight is 364 g/mol. The summed E-state index contributed by atoms with van der Waals surface area (Å²) in [6, 6.07) is 15.7. The van der Waals surface area contributed by atoms with Gasteiger partial charge >= 0.3 is 5.97 Å². The summed E-state index contributed by atoms with van der Waals surface area (Å²) in [6.07, 6.45) is 1.47. The third kappa shape index (κ3) is 4.03. The van der Waals surface area contributed by atoms with Crippen LogP contribution in [0.25, 0.3) is 10.9 Å². The maximum absolute atomic E-state index is 12.6. The lowest BCUT2D eigenvalue weighted by Gasteiger charge is -2.21. The van der Waals surface area contributed by atoms with E-state index in [-0.39, 0.29) is 5.56 Å². The molecule has 27 heavy (non-hydrogen) atoms. The van der Waals surface area contributed by atoms with Crippen LogP contribution in [0.3, 0.4) is 0 Å². The number of benzene rings is 2. The Labute approximate surface area is 158 Å². The zero-order valence-corrected chi connectivity index (χ0v) is 15.8. The number of rotatable bonds is 6. The highest BCUT2D eigenvalue weighted by Gasteiger charge is 2.16. The van der Waals surface area contributed by atoms with Crippen LogP contribution in [0.2, 0.25) is 0 Å². The van der Waals surface area contributed by atoms with E-state index in [1.54, 1.807) is 6.07 Å². The quantitative estimate of drug-likeness (QED) is 0.718. The van der Waals surface area contributed by atoms with E-state index in [9.17, 15) is 14.7 Å². The molecular formula is C22H24N2O3. The smallest absolute Gasteiger partial charge is 0.341 e. The average Bonchev–Trinajstić information content (AvgIpc) is 2.64. The molecule has 0 spiro atoms. The van der Waals surface area contributed by atoms with Crippen LogP contribution in [-0.2, 0) is 13.1 Å². The molecule has 0 saturated heterocycles. The molecule has 1 aromatic heterocycles. The standard InChI is InChI=1S/C22H24N2O3/c1-15(2)12-24-14-19(22(26)27)21(25)18-10-9-17(11-20(18)24)23(3)13-16-7-5-4-6-8-16/h4-11,14-15H,12-13H2,1-3H3,(H,26,27). The largest absolute Gasteiger partial charge is 0.477 e. The normalized spacial score (nSPS) is 11.1. The molecule has 1 heterocycles. The van der Waals surface area contributed by atoms with E-state index in [1.807, 2.05) is 41.9 Å². The molecule has 0 bridgehead atoms. The molecule has 0 aliphatic heterocycles. The van der Waals surface area contributed by atoms with Crippen molar-refractivity contribution in [2.24, 2.45) is 5.92 Å². The molecule has 0 radical (unpaired) electrons. The van der Waals surface area contributed by atoms with Gasteiger partial charge in [0, 0.05) is 37.4 Å². The van der Waals surface area contributed by atoms with Crippen molar-refractivity contribution in [3.8, 4) is 0 Å². The number of hydrogen-bond acceptors (Lipinski definition) is 3. The number of fused-ring (bicyclic) bond motifs is 1. The number of nitrogens with zero attached hydrogens (tertiary/aromatic N) is 2. The first kappa shape index (κ1) is 18.7. The summed E-state index contributed by atoms with van der Waals surface area (Å²) in [5.41, 5.74) is 2.31. The molecular weight excluding hydrogens is 340 g/mol. The van der Waals surface area contributed by atoms with Gasteiger partial charge in [-0.3, -0.25) is 4.79 Å². The Morgan fingerprint density at radius 1 is 1.15 bits per heavy atom. The molecule has 1 N–H and O–H groups in total. The van der Waals surface area contributed by atoms with Crippen LogP contribution in [0.4, 0.5) is 5.69 Å². The highest BCUT2D eigenvalue weighted by molar-refractivity contribution is 5.93. The fourth-order valence-corrected chi connectivity index (χ4v) is 3.26. The molecule has 0 unspecified atom stereocenters. The predicted octanol–water partition coefficient (Wildman–Crippen LogP) is 3.99. The molecule has 0 amide bonds. The molecule has 0 aliphatic carbocycles. The van der Waals surface area contributed by atoms with E-state index in [0.717, 1.165) is 17.7 Å². The number of aromatic nitrogens is 1. The minimum Gasteiger partial charge on any atom is -0.477 e. The summed E-state index contributed by atoms with van der Waals surface area (Å²) in [5, 5.41) is 9.81. The number of carboxylic acid groups (broad SMARTS) is 1. The van der Waals surface area contributed by atoms with E-state index in [1.165, 1.54) is 11.8 Å². The number of carbonyl (C=O) groups is 1. The fourth-order valence-electron chi connectivity index (χ4n) is 3.26. The van der Waals surface area contributed by atoms with Gasteiger partial charge in [-0.25, -0.2) is 4.79 Å². The van der Waals surface area contributed by atoms with Gasteiger partial charge in [0.15, 0.2) is 0 Å². The number of hydrogen-bond donors (Lipinski definition) is 1. The van der Waals surface area contributed by atoms with Gasteiger partial charge in [-0.15, -0.1) is 0 Å². The first-order valence-electron chi connectivity index (χ1n) is 9.02. The summed E-state index contributed by atoms with van der Waals surface area (Å²) >= 11 is 0. The van der Waals surface area contributed by atoms with Crippen LogP contribution in [0.1, 0.15) is 29.8 Å². The van der Waals surface area contributed by atoms with Gasteiger partial charge in [-0.2, -0.15) is 0 Å². The summed E-state index contributed by atoms with van der Waals surface area (Å²) in [6.45, 7) is 5.52. The Bertz CT molecular complexity index is 1020. The summed E-state index contributed by atoms with van der Waals surface area (Å²) in [7, 11) is 2.00. The molecule has 140 valence electrons. The van der Waals surface area contributed by atoms with Gasteiger partial charge in [0.05, 0.1) is 5.52 Å². The maximum atomic E-state index is 12.6. The van der Waals surface area contributed by atoms with Crippen molar-refractivity contribution in [2.45, 2.75) is 26.9 Å². The maximum Gasteiger partial charge on any atom is 0.341 e. The number of anilines is 1. The molecule has 0 saturated carbocycles. The van der Waals surface area contributed by atoms with Crippen molar-refractivity contribution in [3.05, 3.63) is 76.1 Å². The second kappa shape index (κ2) is 7.66. The molecule has 5 nitrogen and oxygen atoms in total. The van der Waals surface area contributed by atoms with Gasteiger partial charge in [0.25, 0.3) is 0 Å². The minimum absolute atomic E-state index is 0.187.